The molecule has 3 unspecified atom stereocenters. The van der Waals surface area contributed by atoms with Crippen LogP contribution >= 0.6 is 0 Å². The highest BCUT2D eigenvalue weighted by Gasteiger charge is 2.31. The molecule has 42 heavy (non-hydrogen) atoms. The highest BCUT2D eigenvalue weighted by Crippen LogP contribution is 2.43. The number of benzene rings is 2. The highest BCUT2D eigenvalue weighted by molar-refractivity contribution is 5.98. The Morgan fingerprint density at radius 1 is 0.952 bits per heavy atom. The quantitative estimate of drug-likeness (QED) is 0.175. The lowest BCUT2D eigenvalue weighted by Crippen LogP contribution is -2.24. The van der Waals surface area contributed by atoms with Gasteiger partial charge in [0.1, 0.15) is 17.3 Å². The van der Waals surface area contributed by atoms with Crippen molar-refractivity contribution in [2.45, 2.75) is 96.8 Å². The average molecular weight is 569 g/mol. The van der Waals surface area contributed by atoms with Gasteiger partial charge in [0.15, 0.2) is 11.5 Å². The van der Waals surface area contributed by atoms with Crippen molar-refractivity contribution < 1.29 is 23.9 Å². The minimum atomic E-state index is -0.0727. The van der Waals surface area contributed by atoms with Crippen LogP contribution in [0.25, 0.3) is 0 Å². The van der Waals surface area contributed by atoms with Crippen molar-refractivity contribution in [3.8, 4) is 5.75 Å². The van der Waals surface area contributed by atoms with Crippen LogP contribution in [0, 0.1) is 24.7 Å². The van der Waals surface area contributed by atoms with Gasteiger partial charge in [-0.3, -0.25) is 14.4 Å². The normalized spacial score (nSPS) is 22.4. The predicted molar refractivity (Wildman–Crippen MR) is 164 cm³/mol. The Balaban J connectivity index is 1.28. The van der Waals surface area contributed by atoms with Crippen LogP contribution in [0.3, 0.4) is 0 Å². The molecule has 5 rings (SSSR count). The zero-order valence-corrected chi connectivity index (χ0v) is 25.1. The van der Waals surface area contributed by atoms with E-state index in [2.05, 4.69) is 13.0 Å². The topological polar surface area (TPSA) is 84.6 Å². The maximum Gasteiger partial charge on any atom is 0.202 e. The zero-order valence-electron chi connectivity index (χ0n) is 25.1. The summed E-state index contributed by atoms with van der Waals surface area (Å²) in [5, 5.41) is 10.3. The minimum Gasteiger partial charge on any atom is -0.508 e. The van der Waals surface area contributed by atoms with Gasteiger partial charge in [-0.15, -0.1) is 0 Å². The Morgan fingerprint density at radius 2 is 1.79 bits per heavy atom. The lowest BCUT2D eigenvalue weighted by Gasteiger charge is -2.35. The monoisotopic (exact) mass is 568 g/mol. The summed E-state index contributed by atoms with van der Waals surface area (Å²) in [7, 11) is 0. The van der Waals surface area contributed by atoms with Crippen molar-refractivity contribution in [2.75, 3.05) is 0 Å². The lowest BCUT2D eigenvalue weighted by molar-refractivity contribution is -0.120. The molecule has 0 saturated heterocycles. The molecule has 2 fully saturated rings. The first-order chi connectivity index (χ1) is 20.3. The van der Waals surface area contributed by atoms with Crippen molar-refractivity contribution in [3.05, 3.63) is 88.4 Å². The van der Waals surface area contributed by atoms with Crippen LogP contribution in [0.15, 0.2) is 59.0 Å². The summed E-state index contributed by atoms with van der Waals surface area (Å²) in [5.41, 5.74) is 3.75. The van der Waals surface area contributed by atoms with E-state index < -0.39 is 0 Å². The predicted octanol–water partition coefficient (Wildman–Crippen LogP) is 8.59. The van der Waals surface area contributed by atoms with Crippen molar-refractivity contribution in [2.24, 2.45) is 17.8 Å². The van der Waals surface area contributed by atoms with Gasteiger partial charge in [0.05, 0.1) is 0 Å². The van der Waals surface area contributed by atoms with E-state index in [0.717, 1.165) is 74.5 Å². The molecule has 4 atom stereocenters. The number of rotatable bonds is 12. The van der Waals surface area contributed by atoms with E-state index in [0.29, 0.717) is 59.2 Å². The summed E-state index contributed by atoms with van der Waals surface area (Å²) in [5.74, 6) is 3.31. The van der Waals surface area contributed by atoms with Crippen LogP contribution < -0.4 is 0 Å². The Hall–Kier alpha value is -3.47. The number of hydrogen-bond acceptors (Lipinski definition) is 5. The van der Waals surface area contributed by atoms with Crippen LogP contribution in [0.5, 0.6) is 5.75 Å². The summed E-state index contributed by atoms with van der Waals surface area (Å²) in [6, 6.07) is 17.1. The number of phenolic OH excluding ortho intramolecular Hbond substituents is 1. The molecule has 2 aliphatic carbocycles. The van der Waals surface area contributed by atoms with Crippen molar-refractivity contribution >= 4 is 17.3 Å². The second-order valence-corrected chi connectivity index (χ2v) is 12.7. The first-order valence-corrected chi connectivity index (χ1v) is 15.8. The van der Waals surface area contributed by atoms with Gasteiger partial charge in [-0.1, -0.05) is 43.7 Å². The number of ketones is 3. The Labute approximate surface area is 249 Å². The molecule has 2 saturated carbocycles. The number of carbonyl (C=O) groups excluding carboxylic acids is 3. The van der Waals surface area contributed by atoms with Crippen LogP contribution in [0.1, 0.15) is 120 Å². The summed E-state index contributed by atoms with van der Waals surface area (Å²) >= 11 is 0. The molecular formula is C37H44O5. The molecule has 5 heteroatoms. The molecule has 0 aliphatic heterocycles. The number of aromatic hydroxyl groups is 1. The molecule has 1 N–H and O–H groups in total. The second-order valence-electron chi connectivity index (χ2n) is 12.7. The van der Waals surface area contributed by atoms with Crippen molar-refractivity contribution in [3.63, 3.8) is 0 Å². The molecule has 1 heterocycles. The Morgan fingerprint density at radius 3 is 2.50 bits per heavy atom. The number of phenols is 1. The van der Waals surface area contributed by atoms with Crippen LogP contribution in [0.2, 0.25) is 0 Å². The average Bonchev–Trinajstić information content (AvgIpc) is 3.60. The molecule has 0 bridgehead atoms. The number of unbranched alkanes of at least 4 members (excludes halogenated alkanes) is 1. The third-order valence-corrected chi connectivity index (χ3v) is 9.73. The van der Waals surface area contributed by atoms with Crippen molar-refractivity contribution in [1.82, 2.24) is 0 Å². The molecule has 1 aromatic heterocycles. The maximum absolute atomic E-state index is 13.2. The van der Waals surface area contributed by atoms with Crippen LogP contribution in [-0.4, -0.2) is 22.5 Å². The number of carbonyl (C=O) groups is 3. The van der Waals surface area contributed by atoms with E-state index in [1.54, 1.807) is 18.2 Å². The number of aryl methyl sites for hydroxylation is 1. The van der Waals surface area contributed by atoms with E-state index in [1.165, 1.54) is 0 Å². The summed E-state index contributed by atoms with van der Waals surface area (Å²) in [6.45, 7) is 4.13. The summed E-state index contributed by atoms with van der Waals surface area (Å²) < 4.78 is 5.63. The number of hydrogen-bond donors (Lipinski definition) is 1. The molecule has 0 amide bonds. The van der Waals surface area contributed by atoms with E-state index in [9.17, 15) is 19.5 Å². The van der Waals surface area contributed by atoms with Gasteiger partial charge >= 0.3 is 0 Å². The molecular weight excluding hydrogens is 524 g/mol. The summed E-state index contributed by atoms with van der Waals surface area (Å²) in [4.78, 5) is 38.4. The molecule has 0 spiro atoms. The van der Waals surface area contributed by atoms with Gasteiger partial charge in [0.25, 0.3) is 0 Å². The van der Waals surface area contributed by atoms with Gasteiger partial charge in [-0.2, -0.15) is 0 Å². The number of Topliss-reactive ketones (excluding diaryl/α,β-unsaturated/α-hetero) is 3. The fraction of sp³-hybridized carbons (Fsp3) is 0.486. The first kappa shape index (κ1) is 30.0. The Bertz CT molecular complexity index is 1420. The van der Waals surface area contributed by atoms with E-state index in [-0.39, 0.29) is 23.9 Å². The SMILES string of the molecule is Cc1ccc(C(=O)Cc2cc(C(=O)CCCCC3CCCC3=O)ccc2C2CCC(Cc3ccccc3O)[C@@H](C)C2)o1. The third-order valence-electron chi connectivity index (χ3n) is 9.73. The largest absolute Gasteiger partial charge is 0.508 e. The van der Waals surface area contributed by atoms with Gasteiger partial charge in [0, 0.05) is 30.7 Å². The third kappa shape index (κ3) is 7.29. The highest BCUT2D eigenvalue weighted by atomic mass is 16.3. The number of furan rings is 1. The van der Waals surface area contributed by atoms with Gasteiger partial charge < -0.3 is 9.52 Å². The molecule has 0 radical (unpaired) electrons. The van der Waals surface area contributed by atoms with Crippen LogP contribution in [-0.2, 0) is 17.6 Å². The molecule has 222 valence electrons. The van der Waals surface area contributed by atoms with Gasteiger partial charge in [-0.05, 0) is 117 Å². The molecule has 5 nitrogen and oxygen atoms in total. The molecule has 2 aliphatic rings. The second kappa shape index (κ2) is 13.7. The van der Waals surface area contributed by atoms with Crippen LogP contribution in [0.4, 0.5) is 0 Å². The minimum absolute atomic E-state index is 0.0727. The molecule has 3 aromatic rings. The van der Waals surface area contributed by atoms with Gasteiger partial charge in [-0.25, -0.2) is 0 Å². The lowest BCUT2D eigenvalue weighted by atomic mass is 9.69. The zero-order chi connectivity index (χ0) is 29.6. The maximum atomic E-state index is 13.2. The standard InChI is InChI=1S/C37H44O5/c1-24-20-28(16-15-27(24)21-29-9-4-6-11-34(29)39)32-18-17-30(22-31(32)23-36(41)37-19-14-25(2)42-37)35(40)12-5-3-8-26-10-7-13-33(26)38/h4,6,9,11,14,17-19,22,24,26-28,39H,3,5,7-8,10,12-13,15-16,20-21,23H2,1-2H3/t24-,26?,27?,28?/m0/s1. The van der Waals surface area contributed by atoms with Gasteiger partial charge in [0.2, 0.25) is 5.78 Å². The summed E-state index contributed by atoms with van der Waals surface area (Å²) in [6.07, 6.45) is 9.88. The first-order valence-electron chi connectivity index (χ1n) is 15.8. The van der Waals surface area contributed by atoms with E-state index in [1.807, 2.05) is 37.3 Å². The fourth-order valence-corrected chi connectivity index (χ4v) is 7.20. The van der Waals surface area contributed by atoms with E-state index >= 15 is 0 Å². The molecule has 2 aromatic carbocycles. The Kier molecular flexibility index (Phi) is 9.76. The van der Waals surface area contributed by atoms with Crippen molar-refractivity contribution in [1.29, 1.82) is 0 Å². The van der Waals surface area contributed by atoms with E-state index in [4.69, 9.17) is 4.42 Å². The fourth-order valence-electron chi connectivity index (χ4n) is 7.20. The smallest absolute Gasteiger partial charge is 0.202 e. The number of para-hydroxylation sites is 1.